The zero-order valence-corrected chi connectivity index (χ0v) is 12.6. The molecule has 2 heterocycles. The molecule has 0 aliphatic rings. The Bertz CT molecular complexity index is 594. The molecule has 0 radical (unpaired) electrons. The van der Waals surface area contributed by atoms with Crippen LogP contribution in [0.25, 0.3) is 0 Å². The van der Waals surface area contributed by atoms with Gasteiger partial charge in [-0.2, -0.15) is 0 Å². The monoisotopic (exact) mass is 290 g/mol. The number of thiazole rings is 1. The van der Waals surface area contributed by atoms with Crippen molar-refractivity contribution in [1.82, 2.24) is 9.97 Å². The molecule has 0 aromatic carbocycles. The molecule has 0 aliphatic heterocycles. The van der Waals surface area contributed by atoms with Gasteiger partial charge in [0.1, 0.15) is 0 Å². The number of carbonyl (C=O) groups is 1. The minimum atomic E-state index is -0.196. The minimum absolute atomic E-state index is 0.196. The molecule has 0 saturated carbocycles. The third kappa shape index (κ3) is 3.33. The number of hydrogen-bond acceptors (Lipinski definition) is 5. The van der Waals surface area contributed by atoms with Gasteiger partial charge in [-0.25, -0.2) is 4.98 Å². The number of hydrogen-bond donors (Lipinski definition) is 2. The Morgan fingerprint density at radius 2 is 2.25 bits per heavy atom. The lowest BCUT2D eigenvalue weighted by Crippen LogP contribution is -2.15. The molecule has 0 bridgehead atoms. The van der Waals surface area contributed by atoms with Crippen molar-refractivity contribution in [3.63, 3.8) is 0 Å². The van der Waals surface area contributed by atoms with Crippen molar-refractivity contribution >= 4 is 28.1 Å². The van der Waals surface area contributed by atoms with Gasteiger partial charge in [0, 0.05) is 24.3 Å². The van der Waals surface area contributed by atoms with Crippen molar-refractivity contribution in [3.8, 4) is 0 Å². The number of carbonyl (C=O) groups excluding carboxylic acids is 1. The summed E-state index contributed by atoms with van der Waals surface area (Å²) >= 11 is 1.44. The molecule has 6 heteroatoms. The molecular formula is C14H18N4OS. The molecule has 0 saturated heterocycles. The largest absolute Gasteiger partial charge is 0.385 e. The minimum Gasteiger partial charge on any atom is -0.385 e. The fourth-order valence-corrected chi connectivity index (χ4v) is 2.56. The van der Waals surface area contributed by atoms with Gasteiger partial charge in [-0.3, -0.25) is 15.1 Å². The van der Waals surface area contributed by atoms with Crippen molar-refractivity contribution in [2.24, 2.45) is 0 Å². The van der Waals surface area contributed by atoms with E-state index in [2.05, 4.69) is 34.4 Å². The third-order valence-corrected chi connectivity index (χ3v) is 3.54. The van der Waals surface area contributed by atoms with Crippen LogP contribution in [-0.4, -0.2) is 22.4 Å². The van der Waals surface area contributed by atoms with Crippen LogP contribution in [0.5, 0.6) is 0 Å². The van der Waals surface area contributed by atoms with Gasteiger partial charge in [0.05, 0.1) is 16.9 Å². The number of nitrogens with zero attached hydrogens (tertiary/aromatic N) is 2. The van der Waals surface area contributed by atoms with Crippen molar-refractivity contribution in [1.29, 1.82) is 0 Å². The van der Waals surface area contributed by atoms with Crippen LogP contribution in [0.3, 0.4) is 0 Å². The summed E-state index contributed by atoms with van der Waals surface area (Å²) in [6, 6.07) is 1.79. The van der Waals surface area contributed by atoms with Crippen LogP contribution < -0.4 is 10.6 Å². The average Bonchev–Trinajstić information content (AvgIpc) is 2.88. The van der Waals surface area contributed by atoms with Gasteiger partial charge in [-0.1, -0.05) is 13.8 Å². The van der Waals surface area contributed by atoms with Crippen molar-refractivity contribution in [3.05, 3.63) is 35.1 Å². The molecular weight excluding hydrogens is 272 g/mol. The van der Waals surface area contributed by atoms with E-state index in [9.17, 15) is 4.79 Å². The second-order valence-electron chi connectivity index (χ2n) is 4.64. The second kappa shape index (κ2) is 6.47. The SMILES string of the molecule is CCNc1ccncc1C(=O)Nc1nc(C(C)C)cs1. The van der Waals surface area contributed by atoms with Gasteiger partial charge in [-0.05, 0) is 18.9 Å². The number of rotatable bonds is 5. The van der Waals surface area contributed by atoms with Crippen LogP contribution in [0.1, 0.15) is 42.7 Å². The standard InChI is InChI=1S/C14H18N4OS/c1-4-16-11-5-6-15-7-10(11)13(19)18-14-17-12(8-20-14)9(2)3/h5-9H,4H2,1-3H3,(H,15,16)(H,17,18,19). The zero-order chi connectivity index (χ0) is 14.5. The Morgan fingerprint density at radius 1 is 1.45 bits per heavy atom. The Kier molecular flexibility index (Phi) is 4.68. The summed E-state index contributed by atoms with van der Waals surface area (Å²) in [5, 5.41) is 8.55. The molecule has 0 unspecified atom stereocenters. The van der Waals surface area contributed by atoms with Crippen LogP contribution >= 0.6 is 11.3 Å². The predicted molar refractivity (Wildman–Crippen MR) is 82.6 cm³/mol. The highest BCUT2D eigenvalue weighted by molar-refractivity contribution is 7.14. The van der Waals surface area contributed by atoms with Gasteiger partial charge < -0.3 is 5.32 Å². The van der Waals surface area contributed by atoms with Crippen molar-refractivity contribution < 1.29 is 4.79 Å². The first-order chi connectivity index (χ1) is 9.61. The quantitative estimate of drug-likeness (QED) is 0.886. The number of nitrogens with one attached hydrogen (secondary N) is 2. The average molecular weight is 290 g/mol. The summed E-state index contributed by atoms with van der Waals surface area (Å²) < 4.78 is 0. The van der Waals surface area contributed by atoms with Gasteiger partial charge in [0.15, 0.2) is 5.13 Å². The lowest BCUT2D eigenvalue weighted by molar-refractivity contribution is 0.102. The maximum Gasteiger partial charge on any atom is 0.261 e. The van der Waals surface area contributed by atoms with E-state index in [1.807, 2.05) is 12.3 Å². The van der Waals surface area contributed by atoms with Crippen molar-refractivity contribution in [2.75, 3.05) is 17.2 Å². The molecule has 0 fully saturated rings. The van der Waals surface area contributed by atoms with Crippen LogP contribution in [0.15, 0.2) is 23.8 Å². The second-order valence-corrected chi connectivity index (χ2v) is 5.50. The lowest BCUT2D eigenvalue weighted by atomic mass is 10.2. The van der Waals surface area contributed by atoms with E-state index in [0.717, 1.165) is 17.9 Å². The third-order valence-electron chi connectivity index (χ3n) is 2.77. The topological polar surface area (TPSA) is 66.9 Å². The van der Waals surface area contributed by atoms with Crippen molar-refractivity contribution in [2.45, 2.75) is 26.7 Å². The summed E-state index contributed by atoms with van der Waals surface area (Å²) in [6.45, 7) is 6.88. The highest BCUT2D eigenvalue weighted by atomic mass is 32.1. The molecule has 0 spiro atoms. The highest BCUT2D eigenvalue weighted by Gasteiger charge is 2.13. The van der Waals surface area contributed by atoms with E-state index in [-0.39, 0.29) is 5.91 Å². The summed E-state index contributed by atoms with van der Waals surface area (Å²) in [4.78, 5) is 20.7. The zero-order valence-electron chi connectivity index (χ0n) is 11.8. The summed E-state index contributed by atoms with van der Waals surface area (Å²) in [6.07, 6.45) is 3.22. The molecule has 20 heavy (non-hydrogen) atoms. The fourth-order valence-electron chi connectivity index (χ4n) is 1.69. The number of aromatic nitrogens is 2. The van der Waals surface area contributed by atoms with E-state index in [0.29, 0.717) is 16.6 Å². The van der Waals surface area contributed by atoms with E-state index < -0.39 is 0 Å². The Balaban J connectivity index is 2.15. The van der Waals surface area contributed by atoms with E-state index >= 15 is 0 Å². The van der Waals surface area contributed by atoms with E-state index in [4.69, 9.17) is 0 Å². The first kappa shape index (κ1) is 14.5. The van der Waals surface area contributed by atoms with Crippen LogP contribution in [0.2, 0.25) is 0 Å². The summed E-state index contributed by atoms with van der Waals surface area (Å²) in [5.74, 6) is 0.159. The van der Waals surface area contributed by atoms with E-state index in [1.165, 1.54) is 11.3 Å². The number of amides is 1. The first-order valence-corrected chi connectivity index (χ1v) is 7.44. The molecule has 5 nitrogen and oxygen atoms in total. The van der Waals surface area contributed by atoms with Crippen LogP contribution in [0, 0.1) is 0 Å². The summed E-state index contributed by atoms with van der Waals surface area (Å²) in [7, 11) is 0. The van der Waals surface area contributed by atoms with Gasteiger partial charge in [0.25, 0.3) is 5.91 Å². The summed E-state index contributed by atoms with van der Waals surface area (Å²) in [5.41, 5.74) is 2.29. The Morgan fingerprint density at radius 3 is 2.90 bits per heavy atom. The first-order valence-electron chi connectivity index (χ1n) is 6.56. The molecule has 0 atom stereocenters. The fraction of sp³-hybridized carbons (Fsp3) is 0.357. The van der Waals surface area contributed by atoms with Gasteiger partial charge in [0.2, 0.25) is 0 Å². The molecule has 2 aromatic heterocycles. The normalized spacial score (nSPS) is 10.6. The van der Waals surface area contributed by atoms with Gasteiger partial charge in [-0.15, -0.1) is 11.3 Å². The predicted octanol–water partition coefficient (Wildman–Crippen LogP) is 3.35. The molecule has 106 valence electrons. The maximum atomic E-state index is 12.3. The molecule has 0 aliphatic carbocycles. The Hall–Kier alpha value is -1.95. The lowest BCUT2D eigenvalue weighted by Gasteiger charge is -2.09. The van der Waals surface area contributed by atoms with Crippen LogP contribution in [-0.2, 0) is 0 Å². The van der Waals surface area contributed by atoms with Gasteiger partial charge >= 0.3 is 0 Å². The highest BCUT2D eigenvalue weighted by Crippen LogP contribution is 2.23. The van der Waals surface area contributed by atoms with E-state index in [1.54, 1.807) is 18.5 Å². The Labute approximate surface area is 122 Å². The molecule has 2 rings (SSSR count). The number of pyridine rings is 1. The van der Waals surface area contributed by atoms with Crippen LogP contribution in [0.4, 0.5) is 10.8 Å². The number of anilines is 2. The molecule has 2 aromatic rings. The molecule has 2 N–H and O–H groups in total. The molecule has 1 amide bonds. The maximum absolute atomic E-state index is 12.3. The smallest absolute Gasteiger partial charge is 0.261 e.